The molecule has 1 fully saturated rings. The van der Waals surface area contributed by atoms with Crippen LogP contribution in [-0.2, 0) is 14.9 Å². The first-order valence-electron chi connectivity index (χ1n) is 12.1. The van der Waals surface area contributed by atoms with Crippen LogP contribution in [0.2, 0.25) is 5.02 Å². The number of ether oxygens (including phenoxy) is 1. The normalized spacial score (nSPS) is 14.6. The van der Waals surface area contributed by atoms with E-state index in [1.807, 2.05) is 42.5 Å². The number of carbonyl (C=O) groups is 2. The van der Waals surface area contributed by atoms with Crippen molar-refractivity contribution in [1.29, 1.82) is 0 Å². The number of carboxylic acid groups (broad SMARTS) is 1. The lowest BCUT2D eigenvalue weighted by Gasteiger charge is -2.15. The first-order chi connectivity index (χ1) is 18.9. The average Bonchev–Trinajstić information content (AvgIpc) is 3.38. The predicted octanol–water partition coefficient (Wildman–Crippen LogP) is 7.09. The van der Waals surface area contributed by atoms with Crippen LogP contribution in [0.25, 0.3) is 33.5 Å². The molecule has 2 heterocycles. The summed E-state index contributed by atoms with van der Waals surface area (Å²) in [6.45, 7) is 1.73. The van der Waals surface area contributed by atoms with E-state index in [2.05, 4.69) is 19.2 Å². The van der Waals surface area contributed by atoms with Crippen molar-refractivity contribution in [3.05, 3.63) is 83.0 Å². The van der Waals surface area contributed by atoms with Gasteiger partial charge in [-0.1, -0.05) is 65.3 Å². The summed E-state index contributed by atoms with van der Waals surface area (Å²) < 4.78 is 20.0. The molecule has 1 unspecified atom stereocenters. The number of rotatable bonds is 7. The van der Waals surface area contributed by atoms with Gasteiger partial charge in [0.2, 0.25) is 0 Å². The summed E-state index contributed by atoms with van der Waals surface area (Å²) in [4.78, 5) is 24.4. The summed E-state index contributed by atoms with van der Waals surface area (Å²) in [5.74, 6) is -0.474. The van der Waals surface area contributed by atoms with Crippen LogP contribution in [0.4, 0.5) is 10.5 Å². The second kappa shape index (κ2) is 9.79. The molecule has 0 radical (unpaired) electrons. The van der Waals surface area contributed by atoms with E-state index in [4.69, 9.17) is 20.9 Å². The monoisotopic (exact) mass is 560 g/mol. The van der Waals surface area contributed by atoms with Crippen LogP contribution in [0.15, 0.2) is 71.4 Å². The van der Waals surface area contributed by atoms with E-state index in [9.17, 15) is 14.7 Å². The number of carboxylic acids is 1. The minimum Gasteiger partial charge on any atom is -0.481 e. The van der Waals surface area contributed by atoms with Crippen molar-refractivity contribution in [2.45, 2.75) is 31.3 Å². The Morgan fingerprint density at radius 3 is 2.44 bits per heavy atom. The Balaban J connectivity index is 1.26. The molecule has 1 saturated carbocycles. The zero-order chi connectivity index (χ0) is 27.1. The Morgan fingerprint density at radius 1 is 1.05 bits per heavy atom. The zero-order valence-electron chi connectivity index (χ0n) is 20.6. The fraction of sp³-hybridized carbons (Fsp3) is 0.179. The molecular weight excluding hydrogens is 540 g/mol. The van der Waals surface area contributed by atoms with Gasteiger partial charge < -0.3 is 14.4 Å². The number of halogens is 1. The van der Waals surface area contributed by atoms with Crippen molar-refractivity contribution in [2.24, 2.45) is 0 Å². The molecule has 0 bridgehead atoms. The van der Waals surface area contributed by atoms with Crippen LogP contribution in [-0.4, -0.2) is 31.1 Å². The SMILES string of the molecule is CC(OC(=O)Nc1cnoc1-c1ccc(-c2ccc(C3(C(=O)O)CC3)cc2)c2nsnc12)c1ccccc1Cl. The lowest BCUT2D eigenvalue weighted by molar-refractivity contribution is -0.140. The number of benzene rings is 3. The summed E-state index contributed by atoms with van der Waals surface area (Å²) in [5, 5.41) is 16.7. The minimum absolute atomic E-state index is 0.314. The molecule has 39 heavy (non-hydrogen) atoms. The topological polar surface area (TPSA) is 127 Å². The van der Waals surface area contributed by atoms with Gasteiger partial charge in [0, 0.05) is 16.1 Å². The molecule has 6 rings (SSSR count). The molecule has 0 aliphatic heterocycles. The smallest absolute Gasteiger partial charge is 0.412 e. The molecule has 3 aromatic carbocycles. The summed E-state index contributed by atoms with van der Waals surface area (Å²) in [5.41, 5.74) is 4.63. The van der Waals surface area contributed by atoms with Crippen LogP contribution in [0.3, 0.4) is 0 Å². The molecule has 11 heteroatoms. The van der Waals surface area contributed by atoms with Gasteiger partial charge in [-0.15, -0.1) is 0 Å². The van der Waals surface area contributed by atoms with Crippen molar-refractivity contribution >= 4 is 52.1 Å². The fourth-order valence-corrected chi connectivity index (χ4v) is 5.56. The average molecular weight is 561 g/mol. The van der Waals surface area contributed by atoms with Gasteiger partial charge in [-0.3, -0.25) is 10.1 Å². The lowest BCUT2D eigenvalue weighted by atomic mass is 9.93. The molecule has 5 aromatic rings. The van der Waals surface area contributed by atoms with Crippen molar-refractivity contribution in [3.8, 4) is 22.5 Å². The third-order valence-electron chi connectivity index (χ3n) is 7.00. The van der Waals surface area contributed by atoms with Gasteiger partial charge in [-0.05, 0) is 43.0 Å². The van der Waals surface area contributed by atoms with Gasteiger partial charge in [-0.2, -0.15) is 8.75 Å². The molecule has 0 spiro atoms. The second-order valence-corrected chi connectivity index (χ2v) is 10.3. The number of aromatic nitrogens is 3. The van der Waals surface area contributed by atoms with E-state index in [0.717, 1.165) is 28.4 Å². The number of nitrogens with zero attached hydrogens (tertiary/aromatic N) is 3. The van der Waals surface area contributed by atoms with Gasteiger partial charge in [0.25, 0.3) is 0 Å². The number of amides is 1. The number of fused-ring (bicyclic) bond motifs is 1. The Bertz CT molecular complexity index is 1710. The van der Waals surface area contributed by atoms with E-state index >= 15 is 0 Å². The fourth-order valence-electron chi connectivity index (χ4n) is 4.69. The largest absolute Gasteiger partial charge is 0.481 e. The Kier molecular flexibility index (Phi) is 6.28. The van der Waals surface area contributed by atoms with Gasteiger partial charge in [0.1, 0.15) is 22.8 Å². The Hall–Kier alpha value is -4.28. The van der Waals surface area contributed by atoms with Gasteiger partial charge in [-0.25, -0.2) is 4.79 Å². The number of aliphatic carboxylic acids is 1. The van der Waals surface area contributed by atoms with Crippen LogP contribution < -0.4 is 5.32 Å². The summed E-state index contributed by atoms with van der Waals surface area (Å²) in [6.07, 6.45) is 1.43. The summed E-state index contributed by atoms with van der Waals surface area (Å²) in [6, 6.07) is 18.4. The number of hydrogen-bond donors (Lipinski definition) is 2. The second-order valence-electron chi connectivity index (χ2n) is 9.35. The van der Waals surface area contributed by atoms with Gasteiger partial charge >= 0.3 is 12.1 Å². The lowest BCUT2D eigenvalue weighted by Crippen LogP contribution is -2.19. The Morgan fingerprint density at radius 2 is 1.74 bits per heavy atom. The van der Waals surface area contributed by atoms with Crippen molar-refractivity contribution in [3.63, 3.8) is 0 Å². The maximum absolute atomic E-state index is 12.7. The van der Waals surface area contributed by atoms with Gasteiger partial charge in [0.15, 0.2) is 5.76 Å². The molecular formula is C28H21ClN4O5S. The molecule has 0 saturated heterocycles. The highest BCUT2D eigenvalue weighted by molar-refractivity contribution is 7.00. The third-order valence-corrected chi connectivity index (χ3v) is 7.87. The highest BCUT2D eigenvalue weighted by Gasteiger charge is 2.51. The highest BCUT2D eigenvalue weighted by atomic mass is 35.5. The van der Waals surface area contributed by atoms with Crippen LogP contribution in [0.1, 0.15) is 37.0 Å². The molecule has 2 N–H and O–H groups in total. The van der Waals surface area contributed by atoms with Crippen molar-refractivity contribution in [1.82, 2.24) is 13.9 Å². The molecule has 1 amide bonds. The maximum Gasteiger partial charge on any atom is 0.412 e. The van der Waals surface area contributed by atoms with Crippen LogP contribution in [0.5, 0.6) is 0 Å². The molecule has 9 nitrogen and oxygen atoms in total. The molecule has 1 atom stereocenters. The molecule has 1 aliphatic rings. The highest BCUT2D eigenvalue weighted by Crippen LogP contribution is 2.49. The van der Waals surface area contributed by atoms with E-state index in [0.29, 0.717) is 51.5 Å². The van der Waals surface area contributed by atoms with Crippen molar-refractivity contribution in [2.75, 3.05) is 5.32 Å². The zero-order valence-corrected chi connectivity index (χ0v) is 22.1. The van der Waals surface area contributed by atoms with Gasteiger partial charge in [0.05, 0.1) is 28.9 Å². The summed E-state index contributed by atoms with van der Waals surface area (Å²) >= 11 is 7.28. The first kappa shape index (κ1) is 25.0. The van der Waals surface area contributed by atoms with E-state index in [1.54, 1.807) is 25.1 Å². The quantitative estimate of drug-likeness (QED) is 0.216. The molecule has 2 aromatic heterocycles. The van der Waals surface area contributed by atoms with Crippen LogP contribution in [0, 0.1) is 0 Å². The van der Waals surface area contributed by atoms with E-state index < -0.39 is 23.6 Å². The van der Waals surface area contributed by atoms with Crippen LogP contribution >= 0.6 is 23.3 Å². The first-order valence-corrected chi connectivity index (χ1v) is 13.2. The molecule has 196 valence electrons. The predicted molar refractivity (Wildman–Crippen MR) is 147 cm³/mol. The number of nitrogens with one attached hydrogen (secondary N) is 1. The maximum atomic E-state index is 12.7. The van der Waals surface area contributed by atoms with Crippen molar-refractivity contribution < 1.29 is 24.0 Å². The number of hydrogen-bond acceptors (Lipinski definition) is 8. The van der Waals surface area contributed by atoms with E-state index in [-0.39, 0.29) is 0 Å². The standard InChI is InChI=1S/C28H21ClN4O5S/c1-15(18-4-2-3-5-21(18)29)37-27(36)31-22-14-30-38-25(22)20-11-10-19(23-24(20)33-39-32-23)16-6-8-17(9-7-16)28(12-13-28)26(34)35/h2-11,14-15H,12-13H2,1H3,(H,31,36)(H,34,35). The number of anilines is 1. The summed E-state index contributed by atoms with van der Waals surface area (Å²) in [7, 11) is 0. The number of carbonyl (C=O) groups excluding carboxylic acids is 1. The van der Waals surface area contributed by atoms with E-state index in [1.165, 1.54) is 6.20 Å². The third kappa shape index (κ3) is 4.51. The Labute approximate surface area is 231 Å². The minimum atomic E-state index is -0.788. The molecule has 1 aliphatic carbocycles.